The van der Waals surface area contributed by atoms with Gasteiger partial charge in [0, 0.05) is 12.6 Å². The smallest absolute Gasteiger partial charge is 0.234 e. The summed E-state index contributed by atoms with van der Waals surface area (Å²) in [6, 6.07) is 0.361. The van der Waals surface area contributed by atoms with E-state index in [9.17, 15) is 9.90 Å². The lowest BCUT2D eigenvalue weighted by Gasteiger charge is -2.22. The van der Waals surface area contributed by atoms with E-state index in [2.05, 4.69) is 24.5 Å². The molecule has 4 nitrogen and oxygen atoms in total. The van der Waals surface area contributed by atoms with Gasteiger partial charge in [-0.2, -0.15) is 0 Å². The van der Waals surface area contributed by atoms with Gasteiger partial charge in [-0.25, -0.2) is 0 Å². The molecule has 1 fully saturated rings. The van der Waals surface area contributed by atoms with Gasteiger partial charge in [0.15, 0.2) is 0 Å². The second kappa shape index (κ2) is 6.21. The molecule has 1 aliphatic carbocycles. The van der Waals surface area contributed by atoms with Crippen molar-refractivity contribution >= 4 is 5.91 Å². The van der Waals surface area contributed by atoms with Gasteiger partial charge in [-0.3, -0.25) is 4.79 Å². The van der Waals surface area contributed by atoms with Gasteiger partial charge in [0.1, 0.15) is 0 Å². The molecule has 1 amide bonds. The number of carbonyl (C=O) groups is 1. The first-order valence-corrected chi connectivity index (χ1v) is 6.28. The van der Waals surface area contributed by atoms with Crippen LogP contribution in [0.2, 0.25) is 0 Å². The number of aliphatic hydroxyl groups is 1. The molecule has 1 rings (SSSR count). The van der Waals surface area contributed by atoms with E-state index in [1.54, 1.807) is 0 Å². The highest BCUT2D eigenvalue weighted by Gasteiger charge is 2.31. The van der Waals surface area contributed by atoms with Crippen molar-refractivity contribution in [2.45, 2.75) is 57.6 Å². The summed E-state index contributed by atoms with van der Waals surface area (Å²) in [5.41, 5.74) is -0.647. The third-order valence-corrected chi connectivity index (χ3v) is 3.37. The molecule has 0 aromatic carbocycles. The quantitative estimate of drug-likeness (QED) is 0.630. The number of rotatable bonds is 6. The summed E-state index contributed by atoms with van der Waals surface area (Å²) < 4.78 is 0. The van der Waals surface area contributed by atoms with Crippen molar-refractivity contribution in [3.8, 4) is 0 Å². The molecule has 0 aromatic heterocycles. The summed E-state index contributed by atoms with van der Waals surface area (Å²) in [7, 11) is 0. The summed E-state index contributed by atoms with van der Waals surface area (Å²) in [5, 5.41) is 15.9. The van der Waals surface area contributed by atoms with Gasteiger partial charge in [-0.1, -0.05) is 19.8 Å². The molecule has 0 aliphatic heterocycles. The molecular weight excluding hydrogens is 204 g/mol. The minimum atomic E-state index is -0.647. The van der Waals surface area contributed by atoms with Crippen LogP contribution in [0.5, 0.6) is 0 Å². The van der Waals surface area contributed by atoms with E-state index in [-0.39, 0.29) is 5.91 Å². The normalized spacial score (nSPS) is 20.7. The molecule has 0 heterocycles. The Labute approximate surface area is 97.8 Å². The molecule has 0 aromatic rings. The Morgan fingerprint density at radius 3 is 2.62 bits per heavy atom. The molecule has 1 atom stereocenters. The van der Waals surface area contributed by atoms with E-state index in [1.807, 2.05) is 0 Å². The van der Waals surface area contributed by atoms with Crippen LogP contribution in [0.4, 0.5) is 0 Å². The van der Waals surface area contributed by atoms with Crippen LogP contribution in [-0.4, -0.2) is 35.7 Å². The summed E-state index contributed by atoms with van der Waals surface area (Å²) in [4.78, 5) is 11.5. The molecule has 1 saturated carbocycles. The molecule has 0 spiro atoms. The molecular formula is C12H24N2O2. The van der Waals surface area contributed by atoms with E-state index in [1.165, 1.54) is 0 Å². The Balaban J connectivity index is 2.14. The lowest BCUT2D eigenvalue weighted by molar-refractivity contribution is -0.121. The number of amides is 1. The highest BCUT2D eigenvalue weighted by atomic mass is 16.3. The van der Waals surface area contributed by atoms with Crippen molar-refractivity contribution in [3.05, 3.63) is 0 Å². The van der Waals surface area contributed by atoms with E-state index in [0.29, 0.717) is 19.1 Å². The summed E-state index contributed by atoms with van der Waals surface area (Å²) >= 11 is 0. The molecule has 0 bridgehead atoms. The SMILES string of the molecule is CCC(C)NCC(=O)NCC1(O)CCCC1. The van der Waals surface area contributed by atoms with Crippen LogP contribution < -0.4 is 10.6 Å². The van der Waals surface area contributed by atoms with Crippen LogP contribution >= 0.6 is 0 Å². The largest absolute Gasteiger partial charge is 0.388 e. The number of nitrogens with one attached hydrogen (secondary N) is 2. The van der Waals surface area contributed by atoms with E-state index >= 15 is 0 Å². The van der Waals surface area contributed by atoms with Gasteiger partial charge in [0.25, 0.3) is 0 Å². The van der Waals surface area contributed by atoms with Crippen molar-refractivity contribution in [2.24, 2.45) is 0 Å². The molecule has 3 N–H and O–H groups in total. The average molecular weight is 228 g/mol. The average Bonchev–Trinajstić information content (AvgIpc) is 2.71. The van der Waals surface area contributed by atoms with Crippen LogP contribution in [0, 0.1) is 0 Å². The fourth-order valence-electron chi connectivity index (χ4n) is 1.95. The molecule has 0 radical (unpaired) electrons. The Morgan fingerprint density at radius 2 is 2.06 bits per heavy atom. The van der Waals surface area contributed by atoms with Gasteiger partial charge in [-0.05, 0) is 26.2 Å². The zero-order chi connectivity index (χ0) is 12.0. The molecule has 1 aliphatic rings. The molecule has 94 valence electrons. The highest BCUT2D eigenvalue weighted by molar-refractivity contribution is 5.78. The minimum Gasteiger partial charge on any atom is -0.388 e. The van der Waals surface area contributed by atoms with Gasteiger partial charge < -0.3 is 15.7 Å². The fraction of sp³-hybridized carbons (Fsp3) is 0.917. The standard InChI is InChI=1S/C12H24N2O2/c1-3-10(2)13-8-11(15)14-9-12(16)6-4-5-7-12/h10,13,16H,3-9H2,1-2H3,(H,14,15). The van der Waals surface area contributed by atoms with Crippen LogP contribution in [-0.2, 0) is 4.79 Å². The van der Waals surface area contributed by atoms with Gasteiger partial charge in [-0.15, -0.1) is 0 Å². The predicted octanol–water partition coefficient (Wildman–Crippen LogP) is 0.796. The van der Waals surface area contributed by atoms with Gasteiger partial charge >= 0.3 is 0 Å². The Hall–Kier alpha value is -0.610. The molecule has 1 unspecified atom stereocenters. The topological polar surface area (TPSA) is 61.4 Å². The minimum absolute atomic E-state index is 0.0272. The summed E-state index contributed by atoms with van der Waals surface area (Å²) in [5.74, 6) is -0.0272. The van der Waals surface area contributed by atoms with Crippen LogP contribution in [0.3, 0.4) is 0 Å². The van der Waals surface area contributed by atoms with Crippen LogP contribution in [0.25, 0.3) is 0 Å². The van der Waals surface area contributed by atoms with Gasteiger partial charge in [0.05, 0.1) is 12.1 Å². The Kier molecular flexibility index (Phi) is 5.22. The first-order chi connectivity index (χ1) is 7.56. The van der Waals surface area contributed by atoms with Crippen molar-refractivity contribution < 1.29 is 9.90 Å². The highest BCUT2D eigenvalue weighted by Crippen LogP contribution is 2.28. The number of carbonyl (C=O) groups excluding carboxylic acids is 1. The summed E-state index contributed by atoms with van der Waals surface area (Å²) in [6.45, 7) is 4.87. The van der Waals surface area contributed by atoms with Crippen molar-refractivity contribution in [3.63, 3.8) is 0 Å². The molecule has 0 saturated heterocycles. The lowest BCUT2D eigenvalue weighted by Crippen LogP contribution is -2.44. The number of hydrogen-bond acceptors (Lipinski definition) is 3. The predicted molar refractivity (Wildman–Crippen MR) is 64.2 cm³/mol. The van der Waals surface area contributed by atoms with Crippen molar-refractivity contribution in [2.75, 3.05) is 13.1 Å². The zero-order valence-electron chi connectivity index (χ0n) is 10.4. The second-order valence-corrected chi connectivity index (χ2v) is 4.90. The molecule has 4 heteroatoms. The molecule has 16 heavy (non-hydrogen) atoms. The summed E-state index contributed by atoms with van der Waals surface area (Å²) in [6.07, 6.45) is 4.77. The lowest BCUT2D eigenvalue weighted by atomic mass is 10.0. The monoisotopic (exact) mass is 228 g/mol. The van der Waals surface area contributed by atoms with Crippen LogP contribution in [0.1, 0.15) is 46.0 Å². The first-order valence-electron chi connectivity index (χ1n) is 6.28. The maximum Gasteiger partial charge on any atom is 0.234 e. The number of hydrogen-bond donors (Lipinski definition) is 3. The van der Waals surface area contributed by atoms with E-state index < -0.39 is 5.60 Å². The van der Waals surface area contributed by atoms with E-state index in [0.717, 1.165) is 32.1 Å². The first kappa shape index (κ1) is 13.5. The van der Waals surface area contributed by atoms with Crippen LogP contribution in [0.15, 0.2) is 0 Å². The van der Waals surface area contributed by atoms with E-state index in [4.69, 9.17) is 0 Å². The second-order valence-electron chi connectivity index (χ2n) is 4.90. The van der Waals surface area contributed by atoms with Crippen molar-refractivity contribution in [1.29, 1.82) is 0 Å². The Bertz CT molecular complexity index is 225. The van der Waals surface area contributed by atoms with Crippen molar-refractivity contribution in [1.82, 2.24) is 10.6 Å². The third kappa shape index (κ3) is 4.49. The van der Waals surface area contributed by atoms with Gasteiger partial charge in [0.2, 0.25) is 5.91 Å². The zero-order valence-corrected chi connectivity index (χ0v) is 10.4. The fourth-order valence-corrected chi connectivity index (χ4v) is 1.95. The maximum atomic E-state index is 11.5. The Morgan fingerprint density at radius 1 is 1.44 bits per heavy atom. The third-order valence-electron chi connectivity index (χ3n) is 3.37. The maximum absolute atomic E-state index is 11.5.